The van der Waals surface area contributed by atoms with Crippen LogP contribution in [0.3, 0.4) is 0 Å². The Kier molecular flexibility index (Phi) is 4.65. The van der Waals surface area contributed by atoms with Gasteiger partial charge in [0.2, 0.25) is 5.91 Å². The summed E-state index contributed by atoms with van der Waals surface area (Å²) >= 11 is 1.54. The number of para-hydroxylation sites is 2. The minimum Gasteiger partial charge on any atom is -0.482 e. The Morgan fingerprint density at radius 2 is 1.92 bits per heavy atom. The summed E-state index contributed by atoms with van der Waals surface area (Å²) in [6, 6.07) is 8.87. The van der Waals surface area contributed by atoms with E-state index < -0.39 is 17.5 Å². The molecule has 1 aliphatic heterocycles. The van der Waals surface area contributed by atoms with Gasteiger partial charge in [-0.2, -0.15) is 0 Å². The zero-order chi connectivity index (χ0) is 17.3. The SMILES string of the molecule is O=C(CN1C(=O)COc2ccccc21)Nc1cc(F)c(I)c(F)c1. The number of fused-ring (bicyclic) bond motifs is 1. The Morgan fingerprint density at radius 3 is 2.62 bits per heavy atom. The van der Waals surface area contributed by atoms with Crippen LogP contribution in [0.2, 0.25) is 0 Å². The number of ether oxygens (including phenoxy) is 1. The molecular formula is C16H11F2IN2O3. The normalized spacial score (nSPS) is 13.3. The van der Waals surface area contributed by atoms with Crippen molar-refractivity contribution in [2.24, 2.45) is 0 Å². The molecule has 2 amide bonds. The van der Waals surface area contributed by atoms with Crippen molar-refractivity contribution in [3.05, 3.63) is 51.6 Å². The number of nitrogens with one attached hydrogen (secondary N) is 1. The van der Waals surface area contributed by atoms with Crippen LogP contribution >= 0.6 is 22.6 Å². The van der Waals surface area contributed by atoms with E-state index in [2.05, 4.69) is 5.32 Å². The molecule has 0 aliphatic carbocycles. The Morgan fingerprint density at radius 1 is 1.25 bits per heavy atom. The third-order valence-corrected chi connectivity index (χ3v) is 4.41. The fraction of sp³-hybridized carbons (Fsp3) is 0.125. The maximum absolute atomic E-state index is 13.5. The molecule has 1 aliphatic rings. The molecule has 0 unspecified atom stereocenters. The maximum Gasteiger partial charge on any atom is 0.265 e. The van der Waals surface area contributed by atoms with Crippen molar-refractivity contribution in [1.82, 2.24) is 0 Å². The van der Waals surface area contributed by atoms with E-state index >= 15 is 0 Å². The van der Waals surface area contributed by atoms with Gasteiger partial charge in [0.25, 0.3) is 5.91 Å². The highest BCUT2D eigenvalue weighted by atomic mass is 127. The molecule has 5 nitrogen and oxygen atoms in total. The number of halogens is 3. The summed E-state index contributed by atoms with van der Waals surface area (Å²) < 4.78 is 32.2. The molecule has 2 aromatic rings. The first-order chi connectivity index (χ1) is 11.5. The van der Waals surface area contributed by atoms with Crippen LogP contribution in [-0.2, 0) is 9.59 Å². The van der Waals surface area contributed by atoms with Crippen LogP contribution in [0.4, 0.5) is 20.2 Å². The van der Waals surface area contributed by atoms with E-state index in [4.69, 9.17) is 4.74 Å². The topological polar surface area (TPSA) is 58.6 Å². The highest BCUT2D eigenvalue weighted by Crippen LogP contribution is 2.31. The number of hydrogen-bond donors (Lipinski definition) is 1. The molecular weight excluding hydrogens is 433 g/mol. The number of carbonyl (C=O) groups excluding carboxylic acids is 2. The van der Waals surface area contributed by atoms with Crippen molar-refractivity contribution in [3.63, 3.8) is 0 Å². The Balaban J connectivity index is 1.77. The van der Waals surface area contributed by atoms with Gasteiger partial charge in [0.1, 0.15) is 23.9 Å². The lowest BCUT2D eigenvalue weighted by Crippen LogP contribution is -2.43. The van der Waals surface area contributed by atoms with Gasteiger partial charge in [0.05, 0.1) is 9.26 Å². The van der Waals surface area contributed by atoms with E-state index in [1.807, 2.05) is 0 Å². The predicted molar refractivity (Wildman–Crippen MR) is 92.0 cm³/mol. The number of benzene rings is 2. The summed E-state index contributed by atoms with van der Waals surface area (Å²) in [5, 5.41) is 2.39. The molecule has 0 bridgehead atoms. The third-order valence-electron chi connectivity index (χ3n) is 3.38. The van der Waals surface area contributed by atoms with Crippen molar-refractivity contribution in [2.45, 2.75) is 0 Å². The van der Waals surface area contributed by atoms with Crippen molar-refractivity contribution in [3.8, 4) is 5.75 Å². The van der Waals surface area contributed by atoms with E-state index in [-0.39, 0.29) is 28.3 Å². The molecule has 0 fully saturated rings. The van der Waals surface area contributed by atoms with Crippen LogP contribution in [0, 0.1) is 15.2 Å². The molecule has 0 spiro atoms. The second-order valence-electron chi connectivity index (χ2n) is 5.04. The lowest BCUT2D eigenvalue weighted by atomic mass is 10.2. The molecule has 1 heterocycles. The van der Waals surface area contributed by atoms with Crippen LogP contribution in [0.1, 0.15) is 0 Å². The lowest BCUT2D eigenvalue weighted by Gasteiger charge is -2.28. The molecule has 0 saturated heterocycles. The lowest BCUT2D eigenvalue weighted by molar-refractivity contribution is -0.123. The van der Waals surface area contributed by atoms with Gasteiger partial charge >= 0.3 is 0 Å². The van der Waals surface area contributed by atoms with Crippen LogP contribution < -0.4 is 15.0 Å². The largest absolute Gasteiger partial charge is 0.482 e. The van der Waals surface area contributed by atoms with Gasteiger partial charge in [-0.1, -0.05) is 12.1 Å². The van der Waals surface area contributed by atoms with Crippen LogP contribution in [0.15, 0.2) is 36.4 Å². The van der Waals surface area contributed by atoms with Gasteiger partial charge < -0.3 is 10.1 Å². The Labute approximate surface area is 149 Å². The number of nitrogens with zero attached hydrogens (tertiary/aromatic N) is 1. The molecule has 2 aromatic carbocycles. The number of carbonyl (C=O) groups is 2. The first-order valence-electron chi connectivity index (χ1n) is 6.92. The van der Waals surface area contributed by atoms with E-state index in [0.29, 0.717) is 11.4 Å². The third kappa shape index (κ3) is 3.32. The molecule has 8 heteroatoms. The summed E-state index contributed by atoms with van der Waals surface area (Å²) in [7, 11) is 0. The van der Waals surface area contributed by atoms with Crippen LogP contribution in [-0.4, -0.2) is 25.0 Å². The van der Waals surface area contributed by atoms with Gasteiger partial charge in [0, 0.05) is 5.69 Å². The van der Waals surface area contributed by atoms with Crippen LogP contribution in [0.25, 0.3) is 0 Å². The number of amides is 2. The van der Waals surface area contributed by atoms with E-state index in [1.54, 1.807) is 24.3 Å². The maximum atomic E-state index is 13.5. The summed E-state index contributed by atoms with van der Waals surface area (Å²) in [6.45, 7) is -0.453. The van der Waals surface area contributed by atoms with Crippen molar-refractivity contribution >= 4 is 45.8 Å². The van der Waals surface area contributed by atoms with Crippen molar-refractivity contribution < 1.29 is 23.1 Å². The van der Waals surface area contributed by atoms with E-state index in [9.17, 15) is 18.4 Å². The monoisotopic (exact) mass is 444 g/mol. The van der Waals surface area contributed by atoms with Gasteiger partial charge in [-0.15, -0.1) is 0 Å². The van der Waals surface area contributed by atoms with Gasteiger partial charge in [-0.05, 0) is 46.9 Å². The fourth-order valence-electron chi connectivity index (χ4n) is 2.30. The zero-order valence-corrected chi connectivity index (χ0v) is 14.3. The molecule has 1 N–H and O–H groups in total. The minimum atomic E-state index is -0.765. The highest BCUT2D eigenvalue weighted by molar-refractivity contribution is 14.1. The average molecular weight is 444 g/mol. The predicted octanol–water partition coefficient (Wildman–Crippen LogP) is 2.93. The second kappa shape index (κ2) is 6.71. The van der Waals surface area contributed by atoms with Crippen LogP contribution in [0.5, 0.6) is 5.75 Å². The number of anilines is 2. The first kappa shape index (κ1) is 16.6. The zero-order valence-electron chi connectivity index (χ0n) is 12.2. The summed E-state index contributed by atoms with van der Waals surface area (Å²) in [5.74, 6) is -1.97. The molecule has 124 valence electrons. The number of hydrogen-bond acceptors (Lipinski definition) is 3. The first-order valence-corrected chi connectivity index (χ1v) is 8.00. The minimum absolute atomic E-state index is 0.00981. The van der Waals surface area contributed by atoms with Crippen molar-refractivity contribution in [2.75, 3.05) is 23.4 Å². The molecule has 24 heavy (non-hydrogen) atoms. The second-order valence-corrected chi connectivity index (χ2v) is 6.12. The molecule has 3 rings (SSSR count). The smallest absolute Gasteiger partial charge is 0.265 e. The van der Waals surface area contributed by atoms with E-state index in [0.717, 1.165) is 12.1 Å². The van der Waals surface area contributed by atoms with Crippen molar-refractivity contribution in [1.29, 1.82) is 0 Å². The standard InChI is InChI=1S/C16H11F2IN2O3/c17-10-5-9(6-11(18)16(10)19)20-14(22)7-21-12-3-1-2-4-13(12)24-8-15(21)23/h1-6H,7-8H2,(H,20,22). The Bertz CT molecular complexity index is 806. The van der Waals surface area contributed by atoms with Gasteiger partial charge in [-0.25, -0.2) is 8.78 Å². The highest BCUT2D eigenvalue weighted by Gasteiger charge is 2.27. The summed E-state index contributed by atoms with van der Waals surface area (Å²) in [6.07, 6.45) is 0. The molecule has 0 saturated carbocycles. The number of rotatable bonds is 3. The molecule has 0 atom stereocenters. The molecule has 0 radical (unpaired) electrons. The quantitative estimate of drug-likeness (QED) is 0.586. The van der Waals surface area contributed by atoms with E-state index in [1.165, 1.54) is 27.5 Å². The van der Waals surface area contributed by atoms with Gasteiger partial charge in [-0.3, -0.25) is 14.5 Å². The summed E-state index contributed by atoms with van der Waals surface area (Å²) in [5.41, 5.74) is 0.466. The Hall–Kier alpha value is -2.23. The molecule has 0 aromatic heterocycles. The summed E-state index contributed by atoms with van der Waals surface area (Å²) in [4.78, 5) is 25.4. The fourth-order valence-corrected chi connectivity index (χ4v) is 2.61. The average Bonchev–Trinajstić information content (AvgIpc) is 2.55. The van der Waals surface area contributed by atoms with Gasteiger partial charge in [0.15, 0.2) is 6.61 Å².